The van der Waals surface area contributed by atoms with Crippen LogP contribution in [0.1, 0.15) is 53.6 Å². The van der Waals surface area contributed by atoms with Crippen molar-refractivity contribution in [2.24, 2.45) is 11.3 Å². The van der Waals surface area contributed by atoms with Crippen LogP contribution in [0.3, 0.4) is 0 Å². The van der Waals surface area contributed by atoms with E-state index in [1.807, 2.05) is 12.1 Å². The molecule has 1 heterocycles. The summed E-state index contributed by atoms with van der Waals surface area (Å²) < 4.78 is 0.860. The van der Waals surface area contributed by atoms with E-state index in [-0.39, 0.29) is 11.3 Å². The van der Waals surface area contributed by atoms with Gasteiger partial charge in [-0.15, -0.1) is 11.3 Å². The molecule has 25 heavy (non-hydrogen) atoms. The molecule has 1 aliphatic rings. The van der Waals surface area contributed by atoms with Crippen molar-refractivity contribution in [2.75, 3.05) is 5.32 Å². The fourth-order valence-corrected chi connectivity index (χ4v) is 5.01. The molecule has 130 valence electrons. The molecule has 3 nitrogen and oxygen atoms in total. The van der Waals surface area contributed by atoms with Gasteiger partial charge in [0.05, 0.1) is 5.56 Å². The number of carbonyl (C=O) groups excluding carboxylic acids is 1. The highest BCUT2D eigenvalue weighted by Gasteiger charge is 2.32. The van der Waals surface area contributed by atoms with Crippen LogP contribution in [-0.2, 0) is 12.8 Å². The number of halogens is 1. The first-order chi connectivity index (χ1) is 11.8. The summed E-state index contributed by atoms with van der Waals surface area (Å²) in [4.78, 5) is 13.8. The first kappa shape index (κ1) is 18.2. The third-order valence-electron chi connectivity index (χ3n) is 4.92. The molecule has 2 aromatic rings. The molecule has 1 aromatic carbocycles. The lowest BCUT2D eigenvalue weighted by Crippen LogP contribution is -2.26. The van der Waals surface area contributed by atoms with Gasteiger partial charge >= 0.3 is 0 Å². The van der Waals surface area contributed by atoms with Crippen molar-refractivity contribution in [1.82, 2.24) is 0 Å². The molecule has 1 N–H and O–H groups in total. The maximum atomic E-state index is 12.5. The number of thiophene rings is 1. The van der Waals surface area contributed by atoms with Crippen molar-refractivity contribution >= 4 is 38.2 Å². The largest absolute Gasteiger partial charge is 0.312 e. The van der Waals surface area contributed by atoms with Gasteiger partial charge in [0.1, 0.15) is 11.1 Å². The Kier molecular flexibility index (Phi) is 5.04. The van der Waals surface area contributed by atoms with Gasteiger partial charge in [0, 0.05) is 14.9 Å². The number of benzene rings is 1. The van der Waals surface area contributed by atoms with Crippen molar-refractivity contribution < 1.29 is 4.79 Å². The normalized spacial score (nSPS) is 16.8. The van der Waals surface area contributed by atoms with Crippen molar-refractivity contribution in [2.45, 2.75) is 40.0 Å². The van der Waals surface area contributed by atoms with Crippen LogP contribution >= 0.6 is 27.3 Å². The molecular formula is C20H21BrN2OS. The lowest BCUT2D eigenvalue weighted by Gasteiger charge is -2.33. The lowest BCUT2D eigenvalue weighted by molar-refractivity contribution is 0.102. The number of nitrogens with one attached hydrogen (secondary N) is 1. The molecule has 5 heteroatoms. The number of hydrogen-bond acceptors (Lipinski definition) is 3. The predicted octanol–water partition coefficient (Wildman–Crippen LogP) is 5.79. The topological polar surface area (TPSA) is 52.9 Å². The SMILES string of the molecule is CC(C)(C)[C@H]1CCc2c(sc(NC(=O)c3cccc(Br)c3)c2C#N)C1. The average molecular weight is 417 g/mol. The van der Waals surface area contributed by atoms with Crippen LogP contribution in [0.4, 0.5) is 5.00 Å². The third-order valence-corrected chi connectivity index (χ3v) is 6.58. The summed E-state index contributed by atoms with van der Waals surface area (Å²) in [6, 6.07) is 9.58. The number of fused-ring (bicyclic) bond motifs is 1. The molecule has 1 aromatic heterocycles. The lowest BCUT2D eigenvalue weighted by atomic mass is 9.72. The maximum absolute atomic E-state index is 12.5. The second kappa shape index (κ2) is 6.93. The zero-order chi connectivity index (χ0) is 18.2. The quantitative estimate of drug-likeness (QED) is 0.673. The Morgan fingerprint density at radius 1 is 1.40 bits per heavy atom. The van der Waals surface area contributed by atoms with Crippen LogP contribution in [0.2, 0.25) is 0 Å². The van der Waals surface area contributed by atoms with Gasteiger partial charge in [-0.2, -0.15) is 5.26 Å². The number of amides is 1. The standard InChI is InChI=1S/C20H21BrN2OS/c1-20(2,3)13-7-8-15-16(11-22)19(25-17(15)10-13)23-18(24)12-5-4-6-14(21)9-12/h4-6,9,13H,7-8,10H2,1-3H3,(H,23,24)/t13-/m0/s1. The number of carbonyl (C=O) groups is 1. The monoisotopic (exact) mass is 416 g/mol. The number of nitrogens with zero attached hydrogens (tertiary/aromatic N) is 1. The third kappa shape index (κ3) is 3.80. The molecule has 0 aliphatic heterocycles. The zero-order valence-electron chi connectivity index (χ0n) is 14.6. The number of nitriles is 1. The van der Waals surface area contributed by atoms with E-state index in [4.69, 9.17) is 0 Å². The molecule has 0 saturated heterocycles. The Bertz CT molecular complexity index is 858. The number of anilines is 1. The smallest absolute Gasteiger partial charge is 0.256 e. The highest BCUT2D eigenvalue weighted by molar-refractivity contribution is 9.10. The molecular weight excluding hydrogens is 396 g/mol. The first-order valence-electron chi connectivity index (χ1n) is 8.41. The Balaban J connectivity index is 1.88. The highest BCUT2D eigenvalue weighted by Crippen LogP contribution is 2.44. The van der Waals surface area contributed by atoms with Gasteiger partial charge < -0.3 is 5.32 Å². The van der Waals surface area contributed by atoms with Gasteiger partial charge in [0.25, 0.3) is 5.91 Å². The Hall–Kier alpha value is -1.64. The molecule has 3 rings (SSSR count). The van der Waals surface area contributed by atoms with Crippen LogP contribution < -0.4 is 5.32 Å². The van der Waals surface area contributed by atoms with E-state index < -0.39 is 0 Å². The first-order valence-corrected chi connectivity index (χ1v) is 10.0. The zero-order valence-corrected chi connectivity index (χ0v) is 17.1. The summed E-state index contributed by atoms with van der Waals surface area (Å²) in [5.41, 5.74) is 2.62. The summed E-state index contributed by atoms with van der Waals surface area (Å²) in [5.74, 6) is 0.433. The summed E-state index contributed by atoms with van der Waals surface area (Å²) >= 11 is 4.95. The van der Waals surface area contributed by atoms with Crippen LogP contribution in [0, 0.1) is 22.7 Å². The predicted molar refractivity (Wildman–Crippen MR) is 106 cm³/mol. The van der Waals surface area contributed by atoms with Gasteiger partial charge in [-0.1, -0.05) is 42.8 Å². The number of hydrogen-bond donors (Lipinski definition) is 1. The minimum atomic E-state index is -0.177. The molecule has 1 amide bonds. The van der Waals surface area contributed by atoms with Crippen LogP contribution in [0.15, 0.2) is 28.7 Å². The van der Waals surface area contributed by atoms with E-state index in [0.29, 0.717) is 22.0 Å². The van der Waals surface area contributed by atoms with Gasteiger partial charge in [-0.05, 0) is 54.4 Å². The van der Waals surface area contributed by atoms with E-state index in [1.54, 1.807) is 23.5 Å². The summed E-state index contributed by atoms with van der Waals surface area (Å²) in [7, 11) is 0. The van der Waals surface area contributed by atoms with E-state index in [0.717, 1.165) is 29.3 Å². The van der Waals surface area contributed by atoms with Crippen LogP contribution in [0.25, 0.3) is 0 Å². The molecule has 0 bridgehead atoms. The molecule has 0 fully saturated rings. The van der Waals surface area contributed by atoms with E-state index in [1.165, 1.54) is 4.88 Å². The van der Waals surface area contributed by atoms with E-state index >= 15 is 0 Å². The van der Waals surface area contributed by atoms with Gasteiger partial charge in [0.2, 0.25) is 0 Å². The molecule has 0 spiro atoms. The van der Waals surface area contributed by atoms with Gasteiger partial charge in [-0.3, -0.25) is 4.79 Å². The molecule has 0 unspecified atom stereocenters. The molecule has 0 saturated carbocycles. The Morgan fingerprint density at radius 3 is 2.80 bits per heavy atom. The molecule has 1 atom stereocenters. The minimum absolute atomic E-state index is 0.177. The highest BCUT2D eigenvalue weighted by atomic mass is 79.9. The van der Waals surface area contributed by atoms with E-state index in [9.17, 15) is 10.1 Å². The average Bonchev–Trinajstić information content (AvgIpc) is 2.90. The number of rotatable bonds is 2. The maximum Gasteiger partial charge on any atom is 0.256 e. The fraction of sp³-hybridized carbons (Fsp3) is 0.400. The Labute approximate surface area is 161 Å². The van der Waals surface area contributed by atoms with Crippen molar-refractivity contribution in [3.63, 3.8) is 0 Å². The second-order valence-corrected chi connectivity index (χ2v) is 9.61. The van der Waals surface area contributed by atoms with Crippen molar-refractivity contribution in [1.29, 1.82) is 5.26 Å². The molecule has 1 aliphatic carbocycles. The summed E-state index contributed by atoms with van der Waals surface area (Å²) in [5, 5.41) is 13.3. The minimum Gasteiger partial charge on any atom is -0.312 e. The van der Waals surface area contributed by atoms with Crippen molar-refractivity contribution in [3.05, 3.63) is 50.3 Å². The van der Waals surface area contributed by atoms with Crippen molar-refractivity contribution in [3.8, 4) is 6.07 Å². The van der Waals surface area contributed by atoms with Gasteiger partial charge in [0.15, 0.2) is 0 Å². The Morgan fingerprint density at radius 2 is 2.16 bits per heavy atom. The fourth-order valence-electron chi connectivity index (χ4n) is 3.34. The summed E-state index contributed by atoms with van der Waals surface area (Å²) in [6.07, 6.45) is 3.01. The van der Waals surface area contributed by atoms with E-state index in [2.05, 4.69) is 48.1 Å². The van der Waals surface area contributed by atoms with Crippen LogP contribution in [-0.4, -0.2) is 5.91 Å². The summed E-state index contributed by atoms with van der Waals surface area (Å²) in [6.45, 7) is 6.83. The van der Waals surface area contributed by atoms with Gasteiger partial charge in [-0.25, -0.2) is 0 Å². The molecule has 0 radical (unpaired) electrons. The second-order valence-electron chi connectivity index (χ2n) is 7.59. The van der Waals surface area contributed by atoms with Crippen LogP contribution in [0.5, 0.6) is 0 Å².